The molecule has 1 amide bonds. The first-order chi connectivity index (χ1) is 8.88. The third-order valence-corrected chi connectivity index (χ3v) is 3.46. The van der Waals surface area contributed by atoms with E-state index in [9.17, 15) is 22.8 Å². The van der Waals surface area contributed by atoms with Crippen molar-refractivity contribution < 1.29 is 18.0 Å². The molecule has 1 atom stereocenters. The Morgan fingerprint density at radius 1 is 1.45 bits per heavy atom. The SMILES string of the molecule is Cl.O=C(Nc1cc(C(F)(F)F)c[nH]c1=O)C1CSCN1. The third-order valence-electron chi connectivity index (χ3n) is 2.52. The largest absolute Gasteiger partial charge is 0.417 e. The normalized spacial score (nSPS) is 18.4. The van der Waals surface area contributed by atoms with Crippen molar-refractivity contribution in [2.45, 2.75) is 12.2 Å². The number of halogens is 4. The number of amides is 1. The van der Waals surface area contributed by atoms with Gasteiger partial charge in [0.1, 0.15) is 5.69 Å². The first-order valence-electron chi connectivity index (χ1n) is 5.30. The molecule has 112 valence electrons. The van der Waals surface area contributed by atoms with Crippen molar-refractivity contribution in [1.29, 1.82) is 0 Å². The quantitative estimate of drug-likeness (QED) is 0.767. The molecule has 1 aromatic heterocycles. The highest BCUT2D eigenvalue weighted by Gasteiger charge is 2.32. The van der Waals surface area contributed by atoms with Gasteiger partial charge >= 0.3 is 6.18 Å². The molecule has 0 aliphatic carbocycles. The van der Waals surface area contributed by atoms with Gasteiger partial charge in [-0.1, -0.05) is 0 Å². The fraction of sp³-hybridized carbons (Fsp3) is 0.400. The van der Waals surface area contributed by atoms with Gasteiger partial charge in [-0.15, -0.1) is 24.2 Å². The van der Waals surface area contributed by atoms with E-state index < -0.39 is 34.9 Å². The predicted octanol–water partition coefficient (Wildman–Crippen LogP) is 1.42. The van der Waals surface area contributed by atoms with Gasteiger partial charge in [-0.2, -0.15) is 13.2 Å². The van der Waals surface area contributed by atoms with Crippen molar-refractivity contribution >= 4 is 35.8 Å². The molecule has 1 unspecified atom stereocenters. The van der Waals surface area contributed by atoms with E-state index in [0.29, 0.717) is 23.9 Å². The minimum atomic E-state index is -4.58. The molecular formula is C10H11ClF3N3O2S. The summed E-state index contributed by atoms with van der Waals surface area (Å²) in [7, 11) is 0. The minimum Gasteiger partial charge on any atom is -0.327 e. The van der Waals surface area contributed by atoms with Gasteiger partial charge in [-0.25, -0.2) is 0 Å². The summed E-state index contributed by atoms with van der Waals surface area (Å²) < 4.78 is 37.5. The summed E-state index contributed by atoms with van der Waals surface area (Å²) in [6, 6.07) is 0.123. The van der Waals surface area contributed by atoms with Gasteiger partial charge < -0.3 is 10.3 Å². The van der Waals surface area contributed by atoms with Crippen LogP contribution in [0.25, 0.3) is 0 Å². The number of alkyl halides is 3. The summed E-state index contributed by atoms with van der Waals surface area (Å²) >= 11 is 1.49. The lowest BCUT2D eigenvalue weighted by atomic mass is 10.2. The second kappa shape index (κ2) is 6.51. The van der Waals surface area contributed by atoms with E-state index in [1.165, 1.54) is 11.8 Å². The van der Waals surface area contributed by atoms with Gasteiger partial charge in [0.2, 0.25) is 5.91 Å². The van der Waals surface area contributed by atoms with Crippen LogP contribution in [0.3, 0.4) is 0 Å². The second-order valence-corrected chi connectivity index (χ2v) is 4.92. The third kappa shape index (κ3) is 3.90. The van der Waals surface area contributed by atoms with E-state index in [1.54, 1.807) is 0 Å². The highest BCUT2D eigenvalue weighted by molar-refractivity contribution is 7.99. The van der Waals surface area contributed by atoms with Crippen LogP contribution in [0.2, 0.25) is 0 Å². The lowest BCUT2D eigenvalue weighted by Crippen LogP contribution is -2.38. The summed E-state index contributed by atoms with van der Waals surface area (Å²) in [5.41, 5.74) is -2.19. The van der Waals surface area contributed by atoms with Gasteiger partial charge in [0.25, 0.3) is 5.56 Å². The zero-order valence-corrected chi connectivity index (χ0v) is 11.5. The first-order valence-corrected chi connectivity index (χ1v) is 6.45. The van der Waals surface area contributed by atoms with Crippen LogP contribution in [-0.2, 0) is 11.0 Å². The average Bonchev–Trinajstić information content (AvgIpc) is 2.84. The van der Waals surface area contributed by atoms with E-state index >= 15 is 0 Å². The molecule has 1 fully saturated rings. The van der Waals surface area contributed by atoms with Crippen LogP contribution in [0.4, 0.5) is 18.9 Å². The lowest BCUT2D eigenvalue weighted by Gasteiger charge is -2.11. The second-order valence-electron chi connectivity index (χ2n) is 3.89. The molecule has 0 aromatic carbocycles. The maximum atomic E-state index is 12.5. The summed E-state index contributed by atoms with van der Waals surface area (Å²) in [5, 5.41) is 5.06. The van der Waals surface area contributed by atoms with Crippen molar-refractivity contribution in [1.82, 2.24) is 10.3 Å². The molecule has 1 aliphatic heterocycles. The van der Waals surface area contributed by atoms with Gasteiger partial charge in [0, 0.05) is 17.8 Å². The maximum absolute atomic E-state index is 12.5. The number of pyridine rings is 1. The molecule has 2 heterocycles. The Morgan fingerprint density at radius 2 is 2.15 bits per heavy atom. The first kappa shape index (κ1) is 16.9. The number of aromatic nitrogens is 1. The topological polar surface area (TPSA) is 74.0 Å². The number of hydrogen-bond acceptors (Lipinski definition) is 4. The van der Waals surface area contributed by atoms with E-state index in [-0.39, 0.29) is 12.4 Å². The van der Waals surface area contributed by atoms with Crippen LogP contribution in [0.1, 0.15) is 5.56 Å². The monoisotopic (exact) mass is 329 g/mol. The zero-order chi connectivity index (χ0) is 14.0. The van der Waals surface area contributed by atoms with Crippen LogP contribution in [-0.4, -0.2) is 28.6 Å². The molecule has 2 rings (SSSR count). The Labute approximate surface area is 122 Å². The van der Waals surface area contributed by atoms with Crippen LogP contribution < -0.4 is 16.2 Å². The van der Waals surface area contributed by atoms with E-state index in [0.717, 1.165) is 0 Å². The molecule has 0 saturated carbocycles. The predicted molar refractivity (Wildman–Crippen MR) is 72.2 cm³/mol. The van der Waals surface area contributed by atoms with Crippen molar-refractivity contribution in [2.75, 3.05) is 16.9 Å². The Kier molecular flexibility index (Phi) is 5.49. The van der Waals surface area contributed by atoms with Gasteiger partial charge in [0.15, 0.2) is 0 Å². The molecule has 0 radical (unpaired) electrons. The van der Waals surface area contributed by atoms with Crippen molar-refractivity contribution in [3.63, 3.8) is 0 Å². The number of aromatic amines is 1. The number of carbonyl (C=O) groups excluding carboxylic acids is 1. The molecule has 5 nitrogen and oxygen atoms in total. The number of anilines is 1. The van der Waals surface area contributed by atoms with Crippen LogP contribution in [0, 0.1) is 0 Å². The molecule has 0 spiro atoms. The number of nitrogens with one attached hydrogen (secondary N) is 3. The van der Waals surface area contributed by atoms with Crippen LogP contribution >= 0.6 is 24.2 Å². The summed E-state index contributed by atoms with van der Waals surface area (Å²) in [4.78, 5) is 25.0. The molecular weight excluding hydrogens is 319 g/mol. The smallest absolute Gasteiger partial charge is 0.327 e. The zero-order valence-electron chi connectivity index (χ0n) is 9.91. The molecule has 3 N–H and O–H groups in total. The summed E-state index contributed by atoms with van der Waals surface area (Å²) in [5.74, 6) is 0.592. The van der Waals surface area contributed by atoms with Gasteiger partial charge in [-0.3, -0.25) is 14.9 Å². The van der Waals surface area contributed by atoms with Crippen LogP contribution in [0.5, 0.6) is 0 Å². The molecule has 1 aromatic rings. The minimum absolute atomic E-state index is 0. The summed E-state index contributed by atoms with van der Waals surface area (Å²) in [6.45, 7) is 0. The molecule has 20 heavy (non-hydrogen) atoms. The number of H-pyrrole nitrogens is 1. The highest BCUT2D eigenvalue weighted by Crippen LogP contribution is 2.29. The lowest BCUT2D eigenvalue weighted by molar-refractivity contribution is -0.137. The number of thioether (sulfide) groups is 1. The summed E-state index contributed by atoms with van der Waals surface area (Å²) in [6.07, 6.45) is -4.01. The molecule has 0 bridgehead atoms. The van der Waals surface area contributed by atoms with Crippen molar-refractivity contribution in [3.8, 4) is 0 Å². The van der Waals surface area contributed by atoms with Crippen molar-refractivity contribution in [3.05, 3.63) is 28.2 Å². The highest BCUT2D eigenvalue weighted by atomic mass is 35.5. The van der Waals surface area contributed by atoms with E-state index in [1.807, 2.05) is 4.98 Å². The fourth-order valence-corrected chi connectivity index (χ4v) is 2.47. The number of hydrogen-bond donors (Lipinski definition) is 3. The van der Waals surface area contributed by atoms with Gasteiger partial charge in [0.05, 0.1) is 11.6 Å². The van der Waals surface area contributed by atoms with Crippen LogP contribution in [0.15, 0.2) is 17.1 Å². The van der Waals surface area contributed by atoms with Gasteiger partial charge in [-0.05, 0) is 6.07 Å². The Morgan fingerprint density at radius 3 is 2.70 bits per heavy atom. The Hall–Kier alpha value is -1.19. The number of rotatable bonds is 2. The average molecular weight is 330 g/mol. The molecule has 1 aliphatic rings. The molecule has 10 heteroatoms. The van der Waals surface area contributed by atoms with E-state index in [2.05, 4.69) is 10.6 Å². The maximum Gasteiger partial charge on any atom is 0.417 e. The Bertz CT molecular complexity index is 543. The fourth-order valence-electron chi connectivity index (χ4n) is 1.52. The number of carbonyl (C=O) groups is 1. The van der Waals surface area contributed by atoms with E-state index in [4.69, 9.17) is 0 Å². The van der Waals surface area contributed by atoms with Crippen molar-refractivity contribution in [2.24, 2.45) is 0 Å². The standard InChI is InChI=1S/C10H10F3N3O2S.ClH/c11-10(12,13)5-1-6(8(17)14-2-5)16-9(18)7-3-19-4-15-7;/h1-2,7,15H,3-4H2,(H,14,17)(H,16,18);1H. The molecule has 1 saturated heterocycles. The Balaban J connectivity index is 0.00000200.